The second-order valence-corrected chi connectivity index (χ2v) is 5.80. The molecule has 2 aromatic rings. The standard InChI is InChI=1S/C17H18N2OS/c20-17(15-7-4-10-18-16(15)21)19-11-8-14(9-12-19)13-5-2-1-3-6-13/h1-7,10,14H,8-9,11-12H2,(H,18,21). The van der Waals surface area contributed by atoms with Crippen LogP contribution in [0.3, 0.4) is 0 Å². The van der Waals surface area contributed by atoms with Gasteiger partial charge >= 0.3 is 0 Å². The molecule has 108 valence electrons. The van der Waals surface area contributed by atoms with Crippen molar-refractivity contribution >= 4 is 18.1 Å². The van der Waals surface area contributed by atoms with Gasteiger partial charge < -0.3 is 9.88 Å². The Balaban J connectivity index is 1.68. The summed E-state index contributed by atoms with van der Waals surface area (Å²) in [6.07, 6.45) is 3.78. The second-order valence-electron chi connectivity index (χ2n) is 5.39. The van der Waals surface area contributed by atoms with Crippen molar-refractivity contribution in [2.24, 2.45) is 0 Å². The minimum absolute atomic E-state index is 0.0448. The fraction of sp³-hybridized carbons (Fsp3) is 0.294. The molecule has 1 N–H and O–H groups in total. The number of nitrogens with one attached hydrogen (secondary N) is 1. The van der Waals surface area contributed by atoms with Crippen molar-refractivity contribution in [1.82, 2.24) is 9.88 Å². The Morgan fingerprint density at radius 3 is 2.48 bits per heavy atom. The van der Waals surface area contributed by atoms with E-state index in [2.05, 4.69) is 29.2 Å². The van der Waals surface area contributed by atoms with E-state index in [1.807, 2.05) is 17.0 Å². The lowest BCUT2D eigenvalue weighted by Gasteiger charge is -2.32. The summed E-state index contributed by atoms with van der Waals surface area (Å²) in [5, 5.41) is 0. The molecule has 3 nitrogen and oxygen atoms in total. The molecule has 0 unspecified atom stereocenters. The topological polar surface area (TPSA) is 36.1 Å². The number of benzene rings is 1. The first kappa shape index (κ1) is 14.0. The van der Waals surface area contributed by atoms with Crippen LogP contribution in [0.25, 0.3) is 0 Å². The molecule has 0 spiro atoms. The Hall–Kier alpha value is -1.94. The van der Waals surface area contributed by atoms with E-state index in [0.717, 1.165) is 25.9 Å². The molecule has 0 radical (unpaired) electrons. The molecule has 3 rings (SSSR count). The number of hydrogen-bond acceptors (Lipinski definition) is 2. The van der Waals surface area contributed by atoms with Crippen molar-refractivity contribution in [3.63, 3.8) is 0 Å². The molecule has 1 aromatic carbocycles. The van der Waals surface area contributed by atoms with Gasteiger partial charge in [0.15, 0.2) is 0 Å². The van der Waals surface area contributed by atoms with Crippen LogP contribution >= 0.6 is 12.2 Å². The number of amides is 1. The fourth-order valence-electron chi connectivity index (χ4n) is 2.90. The smallest absolute Gasteiger partial charge is 0.256 e. The lowest BCUT2D eigenvalue weighted by atomic mass is 9.89. The van der Waals surface area contributed by atoms with Crippen LogP contribution in [0.2, 0.25) is 0 Å². The summed E-state index contributed by atoms with van der Waals surface area (Å²) in [7, 11) is 0. The van der Waals surface area contributed by atoms with Gasteiger partial charge in [-0.25, -0.2) is 0 Å². The molecule has 1 aliphatic heterocycles. The Bertz CT molecular complexity index is 672. The molecular formula is C17H18N2OS. The van der Waals surface area contributed by atoms with E-state index in [4.69, 9.17) is 12.2 Å². The van der Waals surface area contributed by atoms with E-state index in [9.17, 15) is 4.79 Å². The Morgan fingerprint density at radius 2 is 1.81 bits per heavy atom. The highest BCUT2D eigenvalue weighted by Gasteiger charge is 2.24. The van der Waals surface area contributed by atoms with Crippen LogP contribution in [0.4, 0.5) is 0 Å². The van der Waals surface area contributed by atoms with Crippen LogP contribution in [0.15, 0.2) is 48.7 Å². The number of rotatable bonds is 2. The first-order valence-corrected chi connectivity index (χ1v) is 7.68. The Kier molecular flexibility index (Phi) is 4.15. The fourth-order valence-corrected chi connectivity index (χ4v) is 3.12. The number of pyridine rings is 1. The van der Waals surface area contributed by atoms with Gasteiger partial charge in [-0.15, -0.1) is 0 Å². The van der Waals surface area contributed by atoms with Gasteiger partial charge in [-0.3, -0.25) is 4.79 Å². The number of aromatic amines is 1. The molecular weight excluding hydrogens is 280 g/mol. The Labute approximate surface area is 129 Å². The highest BCUT2D eigenvalue weighted by atomic mass is 32.1. The van der Waals surface area contributed by atoms with Crippen molar-refractivity contribution < 1.29 is 4.79 Å². The van der Waals surface area contributed by atoms with E-state index >= 15 is 0 Å². The molecule has 1 fully saturated rings. The molecule has 1 amide bonds. The van der Waals surface area contributed by atoms with E-state index in [1.54, 1.807) is 12.3 Å². The average Bonchev–Trinajstić information content (AvgIpc) is 2.56. The van der Waals surface area contributed by atoms with Crippen molar-refractivity contribution in [1.29, 1.82) is 0 Å². The number of aromatic nitrogens is 1. The maximum absolute atomic E-state index is 12.5. The van der Waals surface area contributed by atoms with Crippen molar-refractivity contribution in [2.75, 3.05) is 13.1 Å². The number of likely N-dealkylation sites (tertiary alicyclic amines) is 1. The van der Waals surface area contributed by atoms with Crippen molar-refractivity contribution in [2.45, 2.75) is 18.8 Å². The van der Waals surface area contributed by atoms with Crippen LogP contribution in [0, 0.1) is 4.64 Å². The second kappa shape index (κ2) is 6.22. The zero-order valence-electron chi connectivity index (χ0n) is 11.8. The third-order valence-electron chi connectivity index (χ3n) is 4.10. The summed E-state index contributed by atoms with van der Waals surface area (Å²) in [4.78, 5) is 17.3. The summed E-state index contributed by atoms with van der Waals surface area (Å²) in [5.74, 6) is 0.601. The molecule has 4 heteroatoms. The number of piperidine rings is 1. The number of H-pyrrole nitrogens is 1. The van der Waals surface area contributed by atoms with Crippen molar-refractivity contribution in [3.05, 3.63) is 64.4 Å². The first-order valence-electron chi connectivity index (χ1n) is 7.27. The molecule has 0 saturated carbocycles. The van der Waals surface area contributed by atoms with Crippen LogP contribution in [0.5, 0.6) is 0 Å². The number of carbonyl (C=O) groups is 1. The molecule has 1 aliphatic rings. The summed E-state index contributed by atoms with van der Waals surface area (Å²) < 4.78 is 0.521. The summed E-state index contributed by atoms with van der Waals surface area (Å²) >= 11 is 5.19. The summed E-state index contributed by atoms with van der Waals surface area (Å²) in [6, 6.07) is 14.2. The minimum atomic E-state index is 0.0448. The molecule has 0 bridgehead atoms. The predicted molar refractivity (Wildman–Crippen MR) is 85.9 cm³/mol. The van der Waals surface area contributed by atoms with Gasteiger partial charge in [-0.1, -0.05) is 42.5 Å². The number of hydrogen-bond donors (Lipinski definition) is 1. The van der Waals surface area contributed by atoms with Gasteiger partial charge in [-0.05, 0) is 36.5 Å². The van der Waals surface area contributed by atoms with Gasteiger partial charge in [0.2, 0.25) is 0 Å². The van der Waals surface area contributed by atoms with Gasteiger partial charge in [0.1, 0.15) is 4.64 Å². The van der Waals surface area contributed by atoms with E-state index in [-0.39, 0.29) is 5.91 Å². The minimum Gasteiger partial charge on any atom is -0.352 e. The largest absolute Gasteiger partial charge is 0.352 e. The maximum atomic E-state index is 12.5. The van der Waals surface area contributed by atoms with E-state index < -0.39 is 0 Å². The summed E-state index contributed by atoms with van der Waals surface area (Å²) in [6.45, 7) is 1.59. The zero-order valence-corrected chi connectivity index (χ0v) is 12.6. The maximum Gasteiger partial charge on any atom is 0.256 e. The van der Waals surface area contributed by atoms with Gasteiger partial charge in [0.05, 0.1) is 5.56 Å². The lowest BCUT2D eigenvalue weighted by Crippen LogP contribution is -2.38. The van der Waals surface area contributed by atoms with Crippen molar-refractivity contribution in [3.8, 4) is 0 Å². The van der Waals surface area contributed by atoms with Crippen LogP contribution in [0.1, 0.15) is 34.7 Å². The first-order chi connectivity index (χ1) is 10.3. The lowest BCUT2D eigenvalue weighted by molar-refractivity contribution is 0.0712. The van der Waals surface area contributed by atoms with Gasteiger partial charge in [-0.2, -0.15) is 0 Å². The highest BCUT2D eigenvalue weighted by molar-refractivity contribution is 7.71. The monoisotopic (exact) mass is 298 g/mol. The van der Waals surface area contributed by atoms with Gasteiger partial charge in [0, 0.05) is 19.3 Å². The number of carbonyl (C=O) groups excluding carboxylic acids is 1. The quantitative estimate of drug-likeness (QED) is 0.857. The predicted octanol–water partition coefficient (Wildman–Crippen LogP) is 3.76. The SMILES string of the molecule is O=C(c1ccc[nH]c1=S)N1CCC(c2ccccc2)CC1. The normalized spacial score (nSPS) is 15.9. The molecule has 2 heterocycles. The molecule has 21 heavy (non-hydrogen) atoms. The van der Waals surface area contributed by atoms with Crippen LogP contribution in [-0.2, 0) is 0 Å². The summed E-state index contributed by atoms with van der Waals surface area (Å²) in [5.41, 5.74) is 1.98. The third kappa shape index (κ3) is 3.05. The van der Waals surface area contributed by atoms with Crippen LogP contribution < -0.4 is 0 Å². The third-order valence-corrected chi connectivity index (χ3v) is 4.44. The molecule has 1 aromatic heterocycles. The Morgan fingerprint density at radius 1 is 1.10 bits per heavy atom. The molecule has 1 saturated heterocycles. The van der Waals surface area contributed by atoms with E-state index in [0.29, 0.717) is 16.1 Å². The van der Waals surface area contributed by atoms with Crippen LogP contribution in [-0.4, -0.2) is 28.9 Å². The molecule has 0 aliphatic carbocycles. The van der Waals surface area contributed by atoms with E-state index in [1.165, 1.54) is 5.56 Å². The molecule has 0 atom stereocenters. The zero-order chi connectivity index (χ0) is 14.7. The van der Waals surface area contributed by atoms with Gasteiger partial charge in [0.25, 0.3) is 5.91 Å². The highest BCUT2D eigenvalue weighted by Crippen LogP contribution is 2.28. The average molecular weight is 298 g/mol. The number of nitrogens with zero attached hydrogens (tertiary/aromatic N) is 1.